The van der Waals surface area contributed by atoms with Crippen molar-refractivity contribution in [2.24, 2.45) is 5.73 Å². The number of piperazine rings is 1. The molecular weight excluding hydrogens is 260 g/mol. The molecule has 3 rings (SSSR count). The molecule has 1 aliphatic carbocycles. The lowest BCUT2D eigenvalue weighted by Crippen LogP contribution is -2.49. The second-order valence-electron chi connectivity index (χ2n) is 5.76. The number of benzene rings is 1. The van der Waals surface area contributed by atoms with Crippen LogP contribution in [-0.2, 0) is 0 Å². The zero-order chi connectivity index (χ0) is 14.1. The summed E-state index contributed by atoms with van der Waals surface area (Å²) in [6.45, 7) is 4.26. The van der Waals surface area contributed by atoms with Gasteiger partial charge in [0.1, 0.15) is 11.6 Å². The molecule has 20 heavy (non-hydrogen) atoms. The van der Waals surface area contributed by atoms with Crippen LogP contribution in [0.3, 0.4) is 0 Å². The number of rotatable bonds is 4. The molecule has 3 nitrogen and oxygen atoms in total. The van der Waals surface area contributed by atoms with E-state index in [-0.39, 0.29) is 6.04 Å². The quantitative estimate of drug-likeness (QED) is 0.912. The molecule has 0 spiro atoms. The molecule has 1 saturated heterocycles. The van der Waals surface area contributed by atoms with E-state index in [9.17, 15) is 8.78 Å². The fourth-order valence-electron chi connectivity index (χ4n) is 3.12. The molecule has 2 N–H and O–H groups in total. The topological polar surface area (TPSA) is 32.5 Å². The standard InChI is InChI=1S/C15H21F2N3/c16-12-7-11(8-13(17)9-12)15(10-18)20-5-3-19(4-6-20)14-1-2-14/h7-9,14-15H,1-6,10,18H2. The lowest BCUT2D eigenvalue weighted by atomic mass is 10.0. The van der Waals surface area contributed by atoms with Crippen molar-refractivity contribution in [1.29, 1.82) is 0 Å². The number of nitrogens with zero attached hydrogens (tertiary/aromatic N) is 2. The lowest BCUT2D eigenvalue weighted by molar-refractivity contribution is 0.0936. The molecule has 1 atom stereocenters. The van der Waals surface area contributed by atoms with E-state index in [1.165, 1.54) is 25.0 Å². The van der Waals surface area contributed by atoms with Gasteiger partial charge in [-0.3, -0.25) is 9.80 Å². The average molecular weight is 281 g/mol. The van der Waals surface area contributed by atoms with Crippen LogP contribution >= 0.6 is 0 Å². The summed E-state index contributed by atoms with van der Waals surface area (Å²) in [5.41, 5.74) is 6.49. The van der Waals surface area contributed by atoms with Gasteiger partial charge in [-0.2, -0.15) is 0 Å². The van der Waals surface area contributed by atoms with Crippen LogP contribution in [0.15, 0.2) is 18.2 Å². The third kappa shape index (κ3) is 3.00. The van der Waals surface area contributed by atoms with Crippen molar-refractivity contribution in [2.75, 3.05) is 32.7 Å². The Labute approximate surface area is 118 Å². The Bertz CT molecular complexity index is 448. The first-order valence-electron chi connectivity index (χ1n) is 7.31. The van der Waals surface area contributed by atoms with Crippen molar-refractivity contribution in [1.82, 2.24) is 9.80 Å². The molecule has 1 heterocycles. The Hall–Kier alpha value is -1.04. The summed E-state index contributed by atoms with van der Waals surface area (Å²) >= 11 is 0. The Morgan fingerprint density at radius 1 is 1.05 bits per heavy atom. The fourth-order valence-corrected chi connectivity index (χ4v) is 3.12. The third-order valence-corrected chi connectivity index (χ3v) is 4.35. The maximum absolute atomic E-state index is 13.4. The largest absolute Gasteiger partial charge is 0.329 e. The molecule has 1 aliphatic heterocycles. The van der Waals surface area contributed by atoms with E-state index in [2.05, 4.69) is 9.80 Å². The Balaban J connectivity index is 1.69. The van der Waals surface area contributed by atoms with Crippen LogP contribution < -0.4 is 5.73 Å². The van der Waals surface area contributed by atoms with Gasteiger partial charge < -0.3 is 5.73 Å². The van der Waals surface area contributed by atoms with Crippen molar-refractivity contribution in [3.05, 3.63) is 35.4 Å². The van der Waals surface area contributed by atoms with E-state index in [1.54, 1.807) is 0 Å². The SMILES string of the molecule is NCC(c1cc(F)cc(F)c1)N1CCN(C2CC2)CC1. The number of hydrogen-bond acceptors (Lipinski definition) is 3. The van der Waals surface area contributed by atoms with Gasteiger partial charge in [0.05, 0.1) is 0 Å². The van der Waals surface area contributed by atoms with Crippen LogP contribution in [-0.4, -0.2) is 48.6 Å². The summed E-state index contributed by atoms with van der Waals surface area (Å²) in [6, 6.07) is 4.38. The van der Waals surface area contributed by atoms with Gasteiger partial charge in [-0.1, -0.05) is 0 Å². The van der Waals surface area contributed by atoms with E-state index in [0.717, 1.165) is 38.3 Å². The monoisotopic (exact) mass is 281 g/mol. The highest BCUT2D eigenvalue weighted by Crippen LogP contribution is 2.29. The minimum atomic E-state index is -0.532. The minimum Gasteiger partial charge on any atom is -0.329 e. The highest BCUT2D eigenvalue weighted by Gasteiger charge is 2.33. The van der Waals surface area contributed by atoms with E-state index in [1.807, 2.05) is 0 Å². The van der Waals surface area contributed by atoms with Gasteiger partial charge in [0.2, 0.25) is 0 Å². The fraction of sp³-hybridized carbons (Fsp3) is 0.600. The molecule has 0 amide bonds. The number of nitrogens with two attached hydrogens (primary N) is 1. The molecule has 0 radical (unpaired) electrons. The maximum atomic E-state index is 13.4. The average Bonchev–Trinajstić information content (AvgIpc) is 3.24. The van der Waals surface area contributed by atoms with Gasteiger partial charge in [-0.25, -0.2) is 8.78 Å². The van der Waals surface area contributed by atoms with Crippen molar-refractivity contribution in [3.8, 4) is 0 Å². The molecule has 1 unspecified atom stereocenters. The molecule has 0 bridgehead atoms. The highest BCUT2D eigenvalue weighted by atomic mass is 19.1. The molecule has 2 fully saturated rings. The van der Waals surface area contributed by atoms with Gasteiger partial charge in [0, 0.05) is 50.9 Å². The molecule has 1 aromatic carbocycles. The normalized spacial score (nSPS) is 22.9. The number of hydrogen-bond donors (Lipinski definition) is 1. The van der Waals surface area contributed by atoms with Gasteiger partial charge in [0.15, 0.2) is 0 Å². The summed E-state index contributed by atoms with van der Waals surface area (Å²) in [4.78, 5) is 4.75. The number of halogens is 2. The van der Waals surface area contributed by atoms with Crippen molar-refractivity contribution < 1.29 is 8.78 Å². The smallest absolute Gasteiger partial charge is 0.126 e. The maximum Gasteiger partial charge on any atom is 0.126 e. The van der Waals surface area contributed by atoms with Gasteiger partial charge in [-0.15, -0.1) is 0 Å². The Kier molecular flexibility index (Phi) is 4.01. The van der Waals surface area contributed by atoms with Crippen molar-refractivity contribution in [3.63, 3.8) is 0 Å². The summed E-state index contributed by atoms with van der Waals surface area (Å²) < 4.78 is 26.7. The summed E-state index contributed by atoms with van der Waals surface area (Å²) in [5, 5.41) is 0. The molecule has 5 heteroatoms. The van der Waals surface area contributed by atoms with E-state index in [4.69, 9.17) is 5.73 Å². The van der Waals surface area contributed by atoms with Crippen LogP contribution in [0.2, 0.25) is 0 Å². The van der Waals surface area contributed by atoms with Crippen molar-refractivity contribution in [2.45, 2.75) is 24.9 Å². The van der Waals surface area contributed by atoms with Gasteiger partial charge >= 0.3 is 0 Å². The summed E-state index contributed by atoms with van der Waals surface area (Å²) in [6.07, 6.45) is 2.63. The van der Waals surface area contributed by atoms with Crippen LogP contribution in [0.5, 0.6) is 0 Å². The van der Waals surface area contributed by atoms with Gasteiger partial charge in [-0.05, 0) is 30.5 Å². The van der Waals surface area contributed by atoms with Crippen molar-refractivity contribution >= 4 is 0 Å². The molecule has 0 aromatic heterocycles. The van der Waals surface area contributed by atoms with Crippen LogP contribution in [0.25, 0.3) is 0 Å². The Morgan fingerprint density at radius 3 is 2.15 bits per heavy atom. The second-order valence-corrected chi connectivity index (χ2v) is 5.76. The van der Waals surface area contributed by atoms with Crippen LogP contribution in [0, 0.1) is 11.6 Å². The molecular formula is C15H21F2N3. The third-order valence-electron chi connectivity index (χ3n) is 4.35. The molecule has 1 aromatic rings. The predicted molar refractivity (Wildman–Crippen MR) is 74.3 cm³/mol. The molecule has 1 saturated carbocycles. The first-order valence-corrected chi connectivity index (χ1v) is 7.31. The van der Waals surface area contributed by atoms with E-state index >= 15 is 0 Å². The lowest BCUT2D eigenvalue weighted by Gasteiger charge is -2.39. The zero-order valence-corrected chi connectivity index (χ0v) is 11.6. The van der Waals surface area contributed by atoms with E-state index in [0.29, 0.717) is 12.1 Å². The molecule has 110 valence electrons. The molecule has 2 aliphatic rings. The first kappa shape index (κ1) is 13.9. The van der Waals surface area contributed by atoms with Gasteiger partial charge in [0.25, 0.3) is 0 Å². The van der Waals surface area contributed by atoms with Crippen LogP contribution in [0.1, 0.15) is 24.4 Å². The highest BCUT2D eigenvalue weighted by molar-refractivity contribution is 5.22. The Morgan fingerprint density at radius 2 is 1.65 bits per heavy atom. The summed E-state index contributed by atoms with van der Waals surface area (Å²) in [5.74, 6) is -1.06. The van der Waals surface area contributed by atoms with Crippen LogP contribution in [0.4, 0.5) is 8.78 Å². The minimum absolute atomic E-state index is 0.0958. The zero-order valence-electron chi connectivity index (χ0n) is 11.6. The predicted octanol–water partition coefficient (Wildman–Crippen LogP) is 1.74. The first-order chi connectivity index (χ1) is 9.67. The second kappa shape index (κ2) is 5.76. The summed E-state index contributed by atoms with van der Waals surface area (Å²) in [7, 11) is 0. The van der Waals surface area contributed by atoms with E-state index < -0.39 is 11.6 Å².